The van der Waals surface area contributed by atoms with Gasteiger partial charge in [0.15, 0.2) is 0 Å². The van der Waals surface area contributed by atoms with Crippen LogP contribution in [0.15, 0.2) is 0 Å². The van der Waals surface area contributed by atoms with E-state index in [2.05, 4.69) is 10.2 Å². The molecule has 0 bridgehead atoms. The molecule has 1 aliphatic heterocycles. The van der Waals surface area contributed by atoms with E-state index in [4.69, 9.17) is 10.5 Å². The van der Waals surface area contributed by atoms with E-state index in [-0.39, 0.29) is 47.9 Å². The Morgan fingerprint density at radius 1 is 0.938 bits per heavy atom. The summed E-state index contributed by atoms with van der Waals surface area (Å²) >= 11 is 0. The summed E-state index contributed by atoms with van der Waals surface area (Å²) in [5.41, 5.74) is 5.51. The van der Waals surface area contributed by atoms with Gasteiger partial charge in [-0.25, -0.2) is 4.79 Å². The zero-order valence-corrected chi connectivity index (χ0v) is 19.6. The van der Waals surface area contributed by atoms with Crippen molar-refractivity contribution in [3.8, 4) is 0 Å². The van der Waals surface area contributed by atoms with Gasteiger partial charge in [0.2, 0.25) is 11.8 Å². The minimum Gasteiger partial charge on any atom is -0.453 e. The lowest BCUT2D eigenvalue weighted by molar-refractivity contribution is -0.144. The molecular weight excluding hydrogens is 408 g/mol. The fourth-order valence-corrected chi connectivity index (χ4v) is 6.52. The molecule has 0 radical (unpaired) electrons. The lowest BCUT2D eigenvalue weighted by Crippen LogP contribution is -2.67. The van der Waals surface area contributed by atoms with Gasteiger partial charge in [0.25, 0.3) is 0 Å². The highest BCUT2D eigenvalue weighted by Crippen LogP contribution is 2.45. The van der Waals surface area contributed by atoms with Crippen molar-refractivity contribution in [2.75, 3.05) is 26.7 Å². The van der Waals surface area contributed by atoms with Gasteiger partial charge in [0.1, 0.15) is 0 Å². The number of amides is 3. The first kappa shape index (κ1) is 23.3. The second kappa shape index (κ2) is 9.98. The summed E-state index contributed by atoms with van der Waals surface area (Å²) in [4.78, 5) is 42.0. The van der Waals surface area contributed by atoms with Crippen LogP contribution in [0.1, 0.15) is 64.7 Å². The van der Waals surface area contributed by atoms with Crippen LogP contribution in [0.3, 0.4) is 0 Å². The van der Waals surface area contributed by atoms with Crippen molar-refractivity contribution in [1.29, 1.82) is 0 Å². The van der Waals surface area contributed by atoms with Crippen molar-refractivity contribution in [2.24, 2.45) is 29.4 Å². The number of ether oxygens (including phenoxy) is 1. The van der Waals surface area contributed by atoms with E-state index in [1.165, 1.54) is 7.11 Å². The number of rotatable bonds is 5. The number of carbonyl (C=O) groups excluding carboxylic acids is 3. The van der Waals surface area contributed by atoms with E-state index in [0.717, 1.165) is 57.8 Å². The monoisotopic (exact) mass is 448 g/mol. The molecule has 0 aromatic heterocycles. The molecule has 8 heteroatoms. The molecule has 0 spiro atoms. The summed E-state index contributed by atoms with van der Waals surface area (Å²) in [5.74, 6) is 1.87. The van der Waals surface area contributed by atoms with Crippen LogP contribution in [-0.4, -0.2) is 72.6 Å². The first-order valence-corrected chi connectivity index (χ1v) is 12.6. The van der Waals surface area contributed by atoms with E-state index < -0.39 is 0 Å². The van der Waals surface area contributed by atoms with E-state index >= 15 is 0 Å². The number of nitrogens with zero attached hydrogens (tertiary/aromatic N) is 2. The molecule has 3 unspecified atom stereocenters. The van der Waals surface area contributed by atoms with Crippen LogP contribution in [0, 0.1) is 23.7 Å². The number of hydrogen-bond acceptors (Lipinski definition) is 5. The average Bonchev–Trinajstić information content (AvgIpc) is 3.66. The average molecular weight is 449 g/mol. The number of methoxy groups -OCH3 is 1. The summed E-state index contributed by atoms with van der Waals surface area (Å²) in [7, 11) is 1.44. The molecule has 32 heavy (non-hydrogen) atoms. The smallest absolute Gasteiger partial charge is 0.410 e. The molecule has 3 amide bonds. The van der Waals surface area contributed by atoms with Crippen LogP contribution in [0.25, 0.3) is 0 Å². The van der Waals surface area contributed by atoms with Crippen molar-refractivity contribution in [1.82, 2.24) is 15.1 Å². The third-order valence-electron chi connectivity index (χ3n) is 8.36. The second-order valence-corrected chi connectivity index (χ2v) is 10.4. The molecule has 3 aliphatic carbocycles. The highest BCUT2D eigenvalue weighted by Gasteiger charge is 2.50. The summed E-state index contributed by atoms with van der Waals surface area (Å²) in [6.45, 7) is 3.66. The molecule has 0 aromatic carbocycles. The van der Waals surface area contributed by atoms with Gasteiger partial charge in [0.05, 0.1) is 25.2 Å². The Morgan fingerprint density at radius 2 is 1.59 bits per heavy atom. The zero-order valence-electron chi connectivity index (χ0n) is 19.6. The maximum absolute atomic E-state index is 13.1. The number of carbonyl (C=O) groups is 3. The summed E-state index contributed by atoms with van der Waals surface area (Å²) < 4.78 is 5.11. The standard InChI is InChI=1S/C24H40N4O4/c1-15-14-27(23(30)18-7-8-18)21-13-19(9-10-20(21)28(15)24(31)32-2)16-3-5-17(6-4-16)22(29)26-12-11-25/h15-21H,3-14,25H2,1-2H3,(H,26,29)/t15-,16?,17?,19?,20?,21?/m0/s1. The number of fused-ring (bicyclic) bond motifs is 1. The van der Waals surface area contributed by atoms with Crippen molar-refractivity contribution in [3.05, 3.63) is 0 Å². The Bertz CT molecular complexity index is 704. The highest BCUT2D eigenvalue weighted by molar-refractivity contribution is 5.82. The zero-order chi connectivity index (χ0) is 22.8. The van der Waals surface area contributed by atoms with E-state index in [1.807, 2.05) is 11.8 Å². The number of nitrogens with two attached hydrogens (primary N) is 1. The van der Waals surface area contributed by atoms with Crippen LogP contribution in [0.5, 0.6) is 0 Å². The van der Waals surface area contributed by atoms with Gasteiger partial charge in [-0.2, -0.15) is 0 Å². The minimum absolute atomic E-state index is 0.0228. The normalized spacial score (nSPS) is 35.1. The Hall–Kier alpha value is -1.83. The Balaban J connectivity index is 1.42. The van der Waals surface area contributed by atoms with Gasteiger partial charge in [-0.15, -0.1) is 0 Å². The predicted molar refractivity (Wildman–Crippen MR) is 121 cm³/mol. The molecule has 180 valence electrons. The SMILES string of the molecule is COC(=O)N1C2CCC(C3CCC(C(=O)NCCN)CC3)CC2N(C(=O)C2CC2)C[C@@H]1C. The lowest BCUT2D eigenvalue weighted by atomic mass is 9.68. The number of nitrogens with one attached hydrogen (secondary N) is 1. The quantitative estimate of drug-likeness (QED) is 0.670. The molecule has 3 N–H and O–H groups in total. The van der Waals surface area contributed by atoms with Gasteiger partial charge in [-0.1, -0.05) is 0 Å². The van der Waals surface area contributed by atoms with E-state index in [9.17, 15) is 14.4 Å². The topological polar surface area (TPSA) is 105 Å². The molecular formula is C24H40N4O4. The number of piperazine rings is 1. The number of hydrogen-bond donors (Lipinski definition) is 2. The summed E-state index contributed by atoms with van der Waals surface area (Å²) in [5, 5.41) is 2.94. The summed E-state index contributed by atoms with van der Waals surface area (Å²) in [6, 6.07) is 0.108. The van der Waals surface area contributed by atoms with Crippen molar-refractivity contribution in [3.63, 3.8) is 0 Å². The van der Waals surface area contributed by atoms with Crippen molar-refractivity contribution < 1.29 is 19.1 Å². The third-order valence-corrected chi connectivity index (χ3v) is 8.36. The first-order valence-electron chi connectivity index (χ1n) is 12.6. The van der Waals surface area contributed by atoms with Crippen molar-refractivity contribution >= 4 is 17.9 Å². The second-order valence-electron chi connectivity index (χ2n) is 10.4. The van der Waals surface area contributed by atoms with Gasteiger partial charge < -0.3 is 20.7 Å². The van der Waals surface area contributed by atoms with Crippen LogP contribution >= 0.6 is 0 Å². The van der Waals surface area contributed by atoms with Crippen molar-refractivity contribution in [2.45, 2.75) is 82.8 Å². The van der Waals surface area contributed by atoms with E-state index in [0.29, 0.717) is 31.5 Å². The Labute approximate surface area is 191 Å². The molecule has 1 heterocycles. The molecule has 8 nitrogen and oxygen atoms in total. The fourth-order valence-electron chi connectivity index (χ4n) is 6.52. The van der Waals surface area contributed by atoms with Crippen LogP contribution in [-0.2, 0) is 14.3 Å². The maximum Gasteiger partial charge on any atom is 0.410 e. The highest BCUT2D eigenvalue weighted by atomic mass is 16.5. The Morgan fingerprint density at radius 3 is 2.22 bits per heavy atom. The van der Waals surface area contributed by atoms with Crippen LogP contribution in [0.2, 0.25) is 0 Å². The van der Waals surface area contributed by atoms with Crippen LogP contribution < -0.4 is 11.1 Å². The molecule has 3 saturated carbocycles. The molecule has 1 saturated heterocycles. The predicted octanol–water partition coefficient (Wildman–Crippen LogP) is 2.11. The fraction of sp³-hybridized carbons (Fsp3) is 0.875. The van der Waals surface area contributed by atoms with Gasteiger partial charge in [-0.05, 0) is 76.5 Å². The van der Waals surface area contributed by atoms with Gasteiger partial charge >= 0.3 is 6.09 Å². The molecule has 4 rings (SSSR count). The van der Waals surface area contributed by atoms with Gasteiger partial charge in [0, 0.05) is 31.5 Å². The van der Waals surface area contributed by atoms with E-state index in [1.54, 1.807) is 0 Å². The Kier molecular flexibility index (Phi) is 7.27. The molecule has 4 fully saturated rings. The largest absolute Gasteiger partial charge is 0.453 e. The maximum atomic E-state index is 13.1. The molecule has 4 aliphatic rings. The molecule has 0 aromatic rings. The minimum atomic E-state index is -0.270. The lowest BCUT2D eigenvalue weighted by Gasteiger charge is -2.54. The van der Waals surface area contributed by atoms with Gasteiger partial charge in [-0.3, -0.25) is 14.5 Å². The summed E-state index contributed by atoms with van der Waals surface area (Å²) in [6.07, 6.45) is 8.67. The third kappa shape index (κ3) is 4.75. The van der Waals surface area contributed by atoms with Crippen LogP contribution in [0.4, 0.5) is 4.79 Å². The molecule has 4 atom stereocenters. The first-order chi connectivity index (χ1) is 15.4.